The van der Waals surface area contributed by atoms with Crippen molar-refractivity contribution in [2.24, 2.45) is 0 Å². The zero-order chi connectivity index (χ0) is 14.0. The highest BCUT2D eigenvalue weighted by Crippen LogP contribution is 2.19. The van der Waals surface area contributed by atoms with Crippen molar-refractivity contribution in [2.45, 2.75) is 45.2 Å². The van der Waals surface area contributed by atoms with Crippen LogP contribution in [0, 0.1) is 0 Å². The minimum absolute atomic E-state index is 0.277. The molecule has 0 atom stereocenters. The Morgan fingerprint density at radius 3 is 2.89 bits per heavy atom. The van der Waals surface area contributed by atoms with Gasteiger partial charge in [-0.05, 0) is 32.8 Å². The minimum atomic E-state index is -0.482. The number of halogens is 1. The molecule has 2 rings (SSSR count). The van der Waals surface area contributed by atoms with Gasteiger partial charge in [0, 0.05) is 12.7 Å². The molecule has 0 N–H and O–H groups in total. The van der Waals surface area contributed by atoms with Gasteiger partial charge in [-0.15, -0.1) is 11.6 Å². The second-order valence-corrected chi connectivity index (χ2v) is 5.81. The molecule has 6 heteroatoms. The van der Waals surface area contributed by atoms with Gasteiger partial charge in [0.15, 0.2) is 0 Å². The first-order valence-corrected chi connectivity index (χ1v) is 6.80. The van der Waals surface area contributed by atoms with Gasteiger partial charge in [-0.25, -0.2) is 14.8 Å². The number of rotatable bonds is 1. The second kappa shape index (κ2) is 5.33. The van der Waals surface area contributed by atoms with Crippen molar-refractivity contribution in [2.75, 3.05) is 6.54 Å². The number of aromatic nitrogens is 2. The normalized spacial score (nSPS) is 15.1. The molecule has 1 aromatic heterocycles. The first-order valence-electron chi connectivity index (χ1n) is 6.26. The first-order chi connectivity index (χ1) is 8.89. The lowest BCUT2D eigenvalue weighted by molar-refractivity contribution is 0.0220. The van der Waals surface area contributed by atoms with Crippen LogP contribution < -0.4 is 0 Å². The molecule has 0 radical (unpaired) electrons. The second-order valence-electron chi connectivity index (χ2n) is 5.54. The van der Waals surface area contributed by atoms with Crippen LogP contribution in [-0.4, -0.2) is 33.1 Å². The van der Waals surface area contributed by atoms with Crippen molar-refractivity contribution in [1.29, 1.82) is 0 Å². The van der Waals surface area contributed by atoms with Crippen molar-refractivity contribution in [3.8, 4) is 0 Å². The Morgan fingerprint density at radius 1 is 1.53 bits per heavy atom. The van der Waals surface area contributed by atoms with Crippen LogP contribution in [0.5, 0.6) is 0 Å². The van der Waals surface area contributed by atoms with Crippen LogP contribution in [0.1, 0.15) is 37.9 Å². The summed E-state index contributed by atoms with van der Waals surface area (Å²) < 4.78 is 5.37. The van der Waals surface area contributed by atoms with E-state index in [9.17, 15) is 4.79 Å². The van der Waals surface area contributed by atoms with Crippen molar-refractivity contribution < 1.29 is 9.53 Å². The van der Waals surface area contributed by atoms with Crippen LogP contribution in [0.2, 0.25) is 0 Å². The number of ether oxygens (including phenoxy) is 1. The third kappa shape index (κ3) is 3.56. The molecule has 1 aromatic rings. The molecule has 0 spiro atoms. The average Bonchev–Trinajstić information content (AvgIpc) is 2.35. The van der Waals surface area contributed by atoms with Crippen LogP contribution in [0.3, 0.4) is 0 Å². The molecule has 2 heterocycles. The van der Waals surface area contributed by atoms with Crippen molar-refractivity contribution in [3.05, 3.63) is 23.3 Å². The monoisotopic (exact) mass is 283 g/mol. The lowest BCUT2D eigenvalue weighted by Gasteiger charge is -2.30. The Hall–Kier alpha value is -1.36. The maximum atomic E-state index is 12.0. The summed E-state index contributed by atoms with van der Waals surface area (Å²) in [5.74, 6) is 0.867. The van der Waals surface area contributed by atoms with Crippen molar-refractivity contribution >= 4 is 17.7 Å². The third-order valence-corrected chi connectivity index (χ3v) is 3.01. The van der Waals surface area contributed by atoms with E-state index >= 15 is 0 Å². The van der Waals surface area contributed by atoms with E-state index in [-0.39, 0.29) is 12.0 Å². The number of hydrogen-bond donors (Lipinski definition) is 0. The molecule has 104 valence electrons. The summed E-state index contributed by atoms with van der Waals surface area (Å²) in [6.45, 7) is 6.66. The molecule has 0 bridgehead atoms. The number of amides is 1. The number of carbonyl (C=O) groups is 1. The van der Waals surface area contributed by atoms with Gasteiger partial charge in [-0.2, -0.15) is 0 Å². The summed E-state index contributed by atoms with van der Waals surface area (Å²) >= 11 is 5.73. The molecule has 1 aliphatic rings. The van der Waals surface area contributed by atoms with E-state index in [2.05, 4.69) is 9.97 Å². The molecule has 0 saturated carbocycles. The molecular formula is C13H18ClN3O2. The molecule has 0 aromatic carbocycles. The highest BCUT2D eigenvalue weighted by molar-refractivity contribution is 6.16. The zero-order valence-electron chi connectivity index (χ0n) is 11.4. The Balaban J connectivity index is 2.10. The number of hydrogen-bond acceptors (Lipinski definition) is 4. The zero-order valence-corrected chi connectivity index (χ0v) is 12.2. The standard InChI is InChI=1S/C13H18ClN3O2/c1-13(2,3)19-12(18)17-5-4-9-7-15-11(6-14)16-10(9)8-17/h7H,4-6,8H2,1-3H3. The topological polar surface area (TPSA) is 55.3 Å². The quantitative estimate of drug-likeness (QED) is 0.743. The largest absolute Gasteiger partial charge is 0.444 e. The predicted molar refractivity (Wildman–Crippen MR) is 71.9 cm³/mol. The maximum Gasteiger partial charge on any atom is 0.410 e. The molecule has 1 aliphatic heterocycles. The van der Waals surface area contributed by atoms with Crippen LogP contribution in [-0.2, 0) is 23.6 Å². The van der Waals surface area contributed by atoms with Gasteiger partial charge in [0.25, 0.3) is 0 Å². The fraction of sp³-hybridized carbons (Fsp3) is 0.615. The molecule has 1 amide bonds. The van der Waals surface area contributed by atoms with E-state index < -0.39 is 5.60 Å². The van der Waals surface area contributed by atoms with Gasteiger partial charge in [-0.1, -0.05) is 0 Å². The number of carbonyl (C=O) groups excluding carboxylic acids is 1. The predicted octanol–water partition coefficient (Wildman–Crippen LogP) is 2.51. The van der Waals surface area contributed by atoms with Crippen molar-refractivity contribution in [1.82, 2.24) is 14.9 Å². The lowest BCUT2D eigenvalue weighted by atomic mass is 10.1. The summed E-state index contributed by atoms with van der Waals surface area (Å²) in [6, 6.07) is 0. The molecule has 19 heavy (non-hydrogen) atoms. The average molecular weight is 284 g/mol. The van der Waals surface area contributed by atoms with E-state index in [1.807, 2.05) is 20.8 Å². The Bertz CT molecular complexity index is 485. The molecular weight excluding hydrogens is 266 g/mol. The van der Waals surface area contributed by atoms with Gasteiger partial charge >= 0.3 is 6.09 Å². The molecule has 0 unspecified atom stereocenters. The summed E-state index contributed by atoms with van der Waals surface area (Å²) in [7, 11) is 0. The molecule has 0 fully saturated rings. The fourth-order valence-electron chi connectivity index (χ4n) is 1.89. The summed E-state index contributed by atoms with van der Waals surface area (Å²) in [6.07, 6.45) is 2.24. The fourth-order valence-corrected chi connectivity index (χ4v) is 2.02. The van der Waals surface area contributed by atoms with Crippen LogP contribution in [0.4, 0.5) is 4.79 Å². The van der Waals surface area contributed by atoms with Crippen LogP contribution in [0.15, 0.2) is 6.20 Å². The highest BCUT2D eigenvalue weighted by atomic mass is 35.5. The Labute approximate surface area is 117 Å². The Morgan fingerprint density at radius 2 is 2.26 bits per heavy atom. The summed E-state index contributed by atoms with van der Waals surface area (Å²) in [5, 5.41) is 0. The minimum Gasteiger partial charge on any atom is -0.444 e. The van der Waals surface area contributed by atoms with Gasteiger partial charge in [0.1, 0.15) is 11.4 Å². The van der Waals surface area contributed by atoms with E-state index in [4.69, 9.17) is 16.3 Å². The summed E-state index contributed by atoms with van der Waals surface area (Å²) in [5.41, 5.74) is 1.46. The third-order valence-electron chi connectivity index (χ3n) is 2.77. The molecule has 0 aliphatic carbocycles. The lowest BCUT2D eigenvalue weighted by Crippen LogP contribution is -2.40. The smallest absolute Gasteiger partial charge is 0.410 e. The molecule has 5 nitrogen and oxygen atoms in total. The van der Waals surface area contributed by atoms with E-state index in [1.165, 1.54) is 0 Å². The van der Waals surface area contributed by atoms with Gasteiger partial charge in [0.2, 0.25) is 0 Å². The van der Waals surface area contributed by atoms with E-state index in [1.54, 1.807) is 11.1 Å². The number of alkyl halides is 1. The number of nitrogens with zero attached hydrogens (tertiary/aromatic N) is 3. The van der Waals surface area contributed by atoms with Crippen LogP contribution >= 0.6 is 11.6 Å². The van der Waals surface area contributed by atoms with E-state index in [0.717, 1.165) is 17.7 Å². The Kier molecular flexibility index (Phi) is 3.94. The SMILES string of the molecule is CC(C)(C)OC(=O)N1CCc2cnc(CCl)nc2C1. The molecule has 0 saturated heterocycles. The van der Waals surface area contributed by atoms with Gasteiger partial charge in [0.05, 0.1) is 18.1 Å². The highest BCUT2D eigenvalue weighted by Gasteiger charge is 2.26. The maximum absolute atomic E-state index is 12.0. The van der Waals surface area contributed by atoms with Crippen LogP contribution in [0.25, 0.3) is 0 Å². The van der Waals surface area contributed by atoms with Gasteiger partial charge < -0.3 is 9.64 Å². The van der Waals surface area contributed by atoms with Gasteiger partial charge in [-0.3, -0.25) is 0 Å². The number of fused-ring (bicyclic) bond motifs is 1. The summed E-state index contributed by atoms with van der Waals surface area (Å²) in [4.78, 5) is 22.2. The first kappa shape index (κ1) is 14.1. The van der Waals surface area contributed by atoms with Crippen molar-refractivity contribution in [3.63, 3.8) is 0 Å². The van der Waals surface area contributed by atoms with E-state index in [0.29, 0.717) is 18.9 Å².